The molecule has 0 fully saturated rings. The standard InChI is InChI=1S/C20H27N5OS/c1-13(2)6-7-25-12-22-19-18(20(25)26)16-5-4-15(8-17(16)27-19)21-9-14-10-23-24(3)11-14/h10-13,15,21H,4-9H2,1-3H3. The molecule has 1 N–H and O–H groups in total. The quantitative estimate of drug-likeness (QED) is 0.709. The van der Waals surface area contributed by atoms with Crippen molar-refractivity contribution in [2.45, 2.75) is 58.7 Å². The SMILES string of the molecule is CC(C)CCn1cnc2sc3c(c2c1=O)CCC(NCc1cnn(C)c1)C3. The Balaban J connectivity index is 1.52. The lowest BCUT2D eigenvalue weighted by Gasteiger charge is -2.23. The van der Waals surface area contributed by atoms with Crippen molar-refractivity contribution in [2.75, 3.05) is 0 Å². The van der Waals surface area contributed by atoms with Gasteiger partial charge in [0.25, 0.3) is 5.56 Å². The highest BCUT2D eigenvalue weighted by Crippen LogP contribution is 2.33. The van der Waals surface area contributed by atoms with Crippen molar-refractivity contribution in [1.82, 2.24) is 24.6 Å². The molecule has 144 valence electrons. The molecule has 7 heteroatoms. The Labute approximate surface area is 163 Å². The maximum Gasteiger partial charge on any atom is 0.262 e. The minimum atomic E-state index is 0.139. The van der Waals surface area contributed by atoms with Crippen molar-refractivity contribution >= 4 is 21.6 Å². The molecular formula is C20H27N5OS. The molecule has 0 saturated carbocycles. The second-order valence-corrected chi connectivity index (χ2v) is 9.04. The number of thiophene rings is 1. The normalized spacial score (nSPS) is 17.0. The average molecular weight is 386 g/mol. The van der Waals surface area contributed by atoms with E-state index < -0.39 is 0 Å². The predicted octanol–water partition coefficient (Wildman–Crippen LogP) is 2.88. The summed E-state index contributed by atoms with van der Waals surface area (Å²) in [5.41, 5.74) is 2.58. The maximum absolute atomic E-state index is 13.0. The van der Waals surface area contributed by atoms with Crippen LogP contribution in [0.15, 0.2) is 23.5 Å². The Morgan fingerprint density at radius 2 is 2.26 bits per heavy atom. The number of aryl methyl sites for hydroxylation is 3. The van der Waals surface area contributed by atoms with Gasteiger partial charge in [0.2, 0.25) is 0 Å². The van der Waals surface area contributed by atoms with Crippen molar-refractivity contribution < 1.29 is 0 Å². The Bertz CT molecular complexity index is 1000. The van der Waals surface area contributed by atoms with Gasteiger partial charge in [0.05, 0.1) is 17.9 Å². The van der Waals surface area contributed by atoms with Crippen LogP contribution in [-0.2, 0) is 33.0 Å². The van der Waals surface area contributed by atoms with Crippen molar-refractivity contribution in [3.05, 3.63) is 45.1 Å². The third-order valence-corrected chi connectivity index (χ3v) is 6.50. The second kappa shape index (κ2) is 7.56. The number of fused-ring (bicyclic) bond motifs is 3. The third kappa shape index (κ3) is 3.84. The van der Waals surface area contributed by atoms with Crippen molar-refractivity contribution in [2.24, 2.45) is 13.0 Å². The number of hydrogen-bond donors (Lipinski definition) is 1. The summed E-state index contributed by atoms with van der Waals surface area (Å²) >= 11 is 1.70. The molecule has 3 heterocycles. The Morgan fingerprint density at radius 3 is 3.00 bits per heavy atom. The van der Waals surface area contributed by atoms with Crippen LogP contribution in [0.5, 0.6) is 0 Å². The Hall–Kier alpha value is -1.99. The van der Waals surface area contributed by atoms with Crippen LogP contribution in [0.1, 0.15) is 42.7 Å². The summed E-state index contributed by atoms with van der Waals surface area (Å²) in [4.78, 5) is 19.8. The number of hydrogen-bond acceptors (Lipinski definition) is 5. The lowest BCUT2D eigenvalue weighted by atomic mass is 9.93. The predicted molar refractivity (Wildman–Crippen MR) is 109 cm³/mol. The molecule has 3 aromatic heterocycles. The van der Waals surface area contributed by atoms with Gasteiger partial charge in [0.15, 0.2) is 0 Å². The fourth-order valence-corrected chi connectivity index (χ4v) is 5.01. The van der Waals surface area contributed by atoms with Crippen LogP contribution in [0.4, 0.5) is 0 Å². The van der Waals surface area contributed by atoms with Crippen LogP contribution < -0.4 is 10.9 Å². The summed E-state index contributed by atoms with van der Waals surface area (Å²) in [6, 6.07) is 0.439. The molecular weight excluding hydrogens is 358 g/mol. The molecule has 1 atom stereocenters. The lowest BCUT2D eigenvalue weighted by Crippen LogP contribution is -2.33. The topological polar surface area (TPSA) is 64.7 Å². The molecule has 0 aliphatic heterocycles. The summed E-state index contributed by atoms with van der Waals surface area (Å²) in [5.74, 6) is 0.579. The molecule has 27 heavy (non-hydrogen) atoms. The monoisotopic (exact) mass is 385 g/mol. The van der Waals surface area contributed by atoms with E-state index in [1.807, 2.05) is 24.1 Å². The van der Waals surface area contributed by atoms with Crippen LogP contribution in [0.2, 0.25) is 0 Å². The molecule has 0 saturated heterocycles. The largest absolute Gasteiger partial charge is 0.309 e. The van der Waals surface area contributed by atoms with Gasteiger partial charge >= 0.3 is 0 Å². The van der Waals surface area contributed by atoms with E-state index in [1.54, 1.807) is 22.2 Å². The number of rotatable bonds is 6. The molecule has 1 unspecified atom stereocenters. The molecule has 3 aromatic rings. The maximum atomic E-state index is 13.0. The van der Waals surface area contributed by atoms with Gasteiger partial charge in [-0.2, -0.15) is 5.10 Å². The third-order valence-electron chi connectivity index (χ3n) is 5.34. The average Bonchev–Trinajstić information content (AvgIpc) is 3.22. The van der Waals surface area contributed by atoms with Crippen molar-refractivity contribution in [3.63, 3.8) is 0 Å². The number of nitrogens with one attached hydrogen (secondary N) is 1. The molecule has 0 radical (unpaired) electrons. The first-order chi connectivity index (χ1) is 13.0. The minimum Gasteiger partial charge on any atom is -0.309 e. The minimum absolute atomic E-state index is 0.139. The van der Waals surface area contributed by atoms with E-state index in [-0.39, 0.29) is 5.56 Å². The smallest absolute Gasteiger partial charge is 0.262 e. The van der Waals surface area contributed by atoms with Crippen LogP contribution in [-0.4, -0.2) is 25.4 Å². The number of nitrogens with zero attached hydrogens (tertiary/aromatic N) is 4. The summed E-state index contributed by atoms with van der Waals surface area (Å²) in [6.45, 7) is 5.95. The first-order valence-electron chi connectivity index (χ1n) is 9.72. The van der Waals surface area contributed by atoms with Gasteiger partial charge in [0, 0.05) is 42.8 Å². The van der Waals surface area contributed by atoms with Crippen LogP contribution in [0.3, 0.4) is 0 Å². The van der Waals surface area contributed by atoms with Gasteiger partial charge in [0.1, 0.15) is 4.83 Å². The van der Waals surface area contributed by atoms with Crippen LogP contribution in [0, 0.1) is 5.92 Å². The summed E-state index contributed by atoms with van der Waals surface area (Å²) in [6.07, 6.45) is 9.66. The van der Waals surface area contributed by atoms with Gasteiger partial charge in [-0.1, -0.05) is 13.8 Å². The zero-order valence-corrected chi connectivity index (χ0v) is 17.1. The first kappa shape index (κ1) is 18.4. The van der Waals surface area contributed by atoms with Crippen molar-refractivity contribution in [3.8, 4) is 0 Å². The highest BCUT2D eigenvalue weighted by molar-refractivity contribution is 7.18. The summed E-state index contributed by atoms with van der Waals surface area (Å²) in [7, 11) is 1.94. The van der Waals surface area contributed by atoms with E-state index >= 15 is 0 Å². The molecule has 0 amide bonds. The van der Waals surface area contributed by atoms with Crippen LogP contribution in [0.25, 0.3) is 10.2 Å². The molecule has 4 rings (SSSR count). The van der Waals surface area contributed by atoms with Gasteiger partial charge in [-0.15, -0.1) is 11.3 Å². The Morgan fingerprint density at radius 1 is 1.41 bits per heavy atom. The highest BCUT2D eigenvalue weighted by Gasteiger charge is 2.25. The zero-order valence-electron chi connectivity index (χ0n) is 16.2. The van der Waals surface area contributed by atoms with E-state index in [1.165, 1.54) is 16.0 Å². The summed E-state index contributed by atoms with van der Waals surface area (Å²) in [5, 5.41) is 8.73. The first-order valence-corrected chi connectivity index (χ1v) is 10.5. The fourth-order valence-electron chi connectivity index (χ4n) is 3.76. The zero-order chi connectivity index (χ0) is 19.0. The molecule has 1 aliphatic carbocycles. The van der Waals surface area contributed by atoms with E-state index in [4.69, 9.17) is 0 Å². The van der Waals surface area contributed by atoms with Gasteiger partial charge in [-0.05, 0) is 37.2 Å². The van der Waals surface area contributed by atoms with Gasteiger partial charge in [-0.25, -0.2) is 4.98 Å². The van der Waals surface area contributed by atoms with E-state index in [2.05, 4.69) is 29.2 Å². The summed E-state index contributed by atoms with van der Waals surface area (Å²) < 4.78 is 3.63. The van der Waals surface area contributed by atoms with E-state index in [9.17, 15) is 4.79 Å². The molecule has 0 spiro atoms. The van der Waals surface area contributed by atoms with Crippen LogP contribution >= 0.6 is 11.3 Å². The highest BCUT2D eigenvalue weighted by atomic mass is 32.1. The van der Waals surface area contributed by atoms with E-state index in [0.717, 1.165) is 49.0 Å². The fraction of sp³-hybridized carbons (Fsp3) is 0.550. The van der Waals surface area contributed by atoms with E-state index in [0.29, 0.717) is 12.0 Å². The lowest BCUT2D eigenvalue weighted by molar-refractivity contribution is 0.462. The second-order valence-electron chi connectivity index (χ2n) is 7.95. The molecule has 6 nitrogen and oxygen atoms in total. The van der Waals surface area contributed by atoms with Gasteiger partial charge < -0.3 is 5.32 Å². The molecule has 0 bridgehead atoms. The molecule has 0 aromatic carbocycles. The van der Waals surface area contributed by atoms with Gasteiger partial charge in [-0.3, -0.25) is 14.0 Å². The molecule has 1 aliphatic rings. The Kier molecular flexibility index (Phi) is 5.14. The number of aromatic nitrogens is 4. The van der Waals surface area contributed by atoms with Crippen molar-refractivity contribution in [1.29, 1.82) is 0 Å².